The van der Waals surface area contributed by atoms with Crippen LogP contribution in [0.4, 0.5) is 0 Å². The van der Waals surface area contributed by atoms with Gasteiger partial charge in [0.15, 0.2) is 5.16 Å². The van der Waals surface area contributed by atoms with E-state index in [1.807, 2.05) is 18.2 Å². The first-order valence-corrected chi connectivity index (χ1v) is 11.2. The zero-order valence-corrected chi connectivity index (χ0v) is 17.6. The molecule has 0 atom stereocenters. The second kappa shape index (κ2) is 9.37. The van der Waals surface area contributed by atoms with Gasteiger partial charge in [-0.3, -0.25) is 0 Å². The fraction of sp³-hybridized carbons (Fsp3) is 0.190. The first-order chi connectivity index (χ1) is 13.8. The Labute approximate surface area is 177 Å². The van der Waals surface area contributed by atoms with Crippen molar-refractivity contribution in [2.45, 2.75) is 30.3 Å². The number of hydrogen-bond donors (Lipinski definition) is 0. The molecule has 3 heterocycles. The van der Waals surface area contributed by atoms with Crippen molar-refractivity contribution < 1.29 is 0 Å². The Kier molecular flexibility index (Phi) is 6.41. The van der Waals surface area contributed by atoms with Gasteiger partial charge in [0.25, 0.3) is 0 Å². The Morgan fingerprint density at radius 2 is 1.89 bits per heavy atom. The summed E-state index contributed by atoms with van der Waals surface area (Å²) in [6, 6.07) is 18.6. The number of nitrogens with zero attached hydrogens (tertiary/aromatic N) is 4. The molecule has 28 heavy (non-hydrogen) atoms. The van der Waals surface area contributed by atoms with Crippen molar-refractivity contribution in [3.8, 4) is 0 Å². The van der Waals surface area contributed by atoms with Gasteiger partial charge in [0.1, 0.15) is 11.0 Å². The van der Waals surface area contributed by atoms with Crippen LogP contribution in [-0.2, 0) is 25.1 Å². The van der Waals surface area contributed by atoms with Gasteiger partial charge in [0, 0.05) is 29.8 Å². The highest BCUT2D eigenvalue weighted by Gasteiger charge is 2.14. The highest BCUT2D eigenvalue weighted by atomic mass is 35.5. The summed E-state index contributed by atoms with van der Waals surface area (Å²) in [4.78, 5) is 5.34. The highest BCUT2D eigenvalue weighted by Crippen LogP contribution is 2.25. The Hall–Kier alpha value is -2.15. The Bertz CT molecular complexity index is 1020. The monoisotopic (exact) mass is 426 g/mol. The van der Waals surface area contributed by atoms with Crippen LogP contribution in [0.1, 0.15) is 21.8 Å². The Morgan fingerprint density at radius 3 is 2.68 bits per heavy atom. The highest BCUT2D eigenvalue weighted by molar-refractivity contribution is 7.98. The molecule has 142 valence electrons. The SMILES string of the molecule is Clc1cc(CSc2nnc(Cc3cccs3)n2CCc2ccccc2)ccn1. The standard InChI is InChI=1S/C21H19ClN4S2/c22-19-13-17(8-10-23-19)15-28-21-25-24-20(14-18-7-4-12-27-18)26(21)11-9-16-5-2-1-3-6-16/h1-8,10,12-13H,9,11,14-15H2. The predicted octanol–water partition coefficient (Wildman–Crippen LogP) is 5.51. The topological polar surface area (TPSA) is 43.6 Å². The summed E-state index contributed by atoms with van der Waals surface area (Å²) in [7, 11) is 0. The third kappa shape index (κ3) is 5.01. The fourth-order valence-electron chi connectivity index (χ4n) is 2.92. The molecule has 4 aromatic rings. The van der Waals surface area contributed by atoms with Crippen LogP contribution < -0.4 is 0 Å². The summed E-state index contributed by atoms with van der Waals surface area (Å²) in [6.45, 7) is 0.858. The molecular formula is C21H19ClN4S2. The molecule has 7 heteroatoms. The zero-order chi connectivity index (χ0) is 19.2. The third-order valence-electron chi connectivity index (χ3n) is 4.33. The first kappa shape index (κ1) is 19.2. The summed E-state index contributed by atoms with van der Waals surface area (Å²) in [5, 5.41) is 12.5. The van der Waals surface area contributed by atoms with E-state index in [4.69, 9.17) is 11.6 Å². The van der Waals surface area contributed by atoms with Gasteiger partial charge in [0.05, 0.1) is 0 Å². The van der Waals surface area contributed by atoms with Crippen molar-refractivity contribution in [1.29, 1.82) is 0 Å². The van der Waals surface area contributed by atoms with Crippen molar-refractivity contribution >= 4 is 34.7 Å². The summed E-state index contributed by atoms with van der Waals surface area (Å²) in [5.41, 5.74) is 2.44. The maximum absolute atomic E-state index is 6.01. The van der Waals surface area contributed by atoms with Crippen LogP contribution in [0, 0.1) is 0 Å². The van der Waals surface area contributed by atoms with Crippen LogP contribution in [0.2, 0.25) is 5.15 Å². The lowest BCUT2D eigenvalue weighted by Crippen LogP contribution is -2.08. The number of aryl methyl sites for hydroxylation is 1. The largest absolute Gasteiger partial charge is 0.305 e. The molecule has 0 N–H and O–H groups in total. The van der Waals surface area contributed by atoms with Crippen molar-refractivity contribution in [1.82, 2.24) is 19.7 Å². The maximum atomic E-state index is 6.01. The lowest BCUT2D eigenvalue weighted by molar-refractivity contribution is 0.610. The van der Waals surface area contributed by atoms with Crippen molar-refractivity contribution in [2.75, 3.05) is 0 Å². The van der Waals surface area contributed by atoms with Gasteiger partial charge in [-0.1, -0.05) is 59.8 Å². The lowest BCUT2D eigenvalue weighted by atomic mass is 10.1. The number of thiophene rings is 1. The van der Waals surface area contributed by atoms with Gasteiger partial charge < -0.3 is 4.57 Å². The van der Waals surface area contributed by atoms with Gasteiger partial charge in [-0.25, -0.2) is 4.98 Å². The summed E-state index contributed by atoms with van der Waals surface area (Å²) in [6.07, 6.45) is 3.49. The fourth-order valence-corrected chi connectivity index (χ4v) is 4.74. The van der Waals surface area contributed by atoms with E-state index in [1.165, 1.54) is 10.4 Å². The average molecular weight is 427 g/mol. The summed E-state index contributed by atoms with van der Waals surface area (Å²) >= 11 is 9.44. The quantitative estimate of drug-likeness (QED) is 0.275. The van der Waals surface area contributed by atoms with Gasteiger partial charge in [-0.05, 0) is 41.1 Å². The van der Waals surface area contributed by atoms with Crippen molar-refractivity contribution in [3.63, 3.8) is 0 Å². The molecule has 0 aliphatic carbocycles. The summed E-state index contributed by atoms with van der Waals surface area (Å²) in [5.74, 6) is 1.79. The van der Waals surface area contributed by atoms with Crippen LogP contribution in [0.15, 0.2) is 71.3 Å². The van der Waals surface area contributed by atoms with E-state index in [0.29, 0.717) is 5.15 Å². The van der Waals surface area contributed by atoms with Crippen LogP contribution >= 0.6 is 34.7 Å². The van der Waals surface area contributed by atoms with Crippen molar-refractivity contribution in [3.05, 3.63) is 93.2 Å². The molecule has 0 aliphatic heterocycles. The molecule has 4 nitrogen and oxygen atoms in total. The average Bonchev–Trinajstić information content (AvgIpc) is 3.36. The van der Waals surface area contributed by atoms with E-state index in [0.717, 1.165) is 41.7 Å². The predicted molar refractivity (Wildman–Crippen MR) is 116 cm³/mol. The first-order valence-electron chi connectivity index (χ1n) is 8.99. The van der Waals surface area contributed by atoms with Gasteiger partial charge in [-0.2, -0.15) is 0 Å². The molecular weight excluding hydrogens is 408 g/mol. The van der Waals surface area contributed by atoms with E-state index in [2.05, 4.69) is 61.5 Å². The number of rotatable bonds is 8. The van der Waals surface area contributed by atoms with E-state index in [1.54, 1.807) is 29.3 Å². The smallest absolute Gasteiger partial charge is 0.191 e. The molecule has 0 saturated carbocycles. The Morgan fingerprint density at radius 1 is 1.00 bits per heavy atom. The van der Waals surface area contributed by atoms with Crippen LogP contribution in [-0.4, -0.2) is 19.7 Å². The second-order valence-electron chi connectivity index (χ2n) is 6.32. The normalized spacial score (nSPS) is 11.0. The number of aromatic nitrogens is 4. The van der Waals surface area contributed by atoms with Gasteiger partial charge in [0.2, 0.25) is 0 Å². The molecule has 0 spiro atoms. The van der Waals surface area contributed by atoms with Gasteiger partial charge >= 0.3 is 0 Å². The summed E-state index contributed by atoms with van der Waals surface area (Å²) < 4.78 is 2.25. The third-order valence-corrected chi connectivity index (χ3v) is 6.45. The van der Waals surface area contributed by atoms with Gasteiger partial charge in [-0.15, -0.1) is 21.5 Å². The minimum Gasteiger partial charge on any atom is -0.305 e. The number of pyridine rings is 1. The molecule has 0 aliphatic rings. The number of halogens is 1. The van der Waals surface area contributed by atoms with Crippen LogP contribution in [0.5, 0.6) is 0 Å². The van der Waals surface area contributed by atoms with Crippen LogP contribution in [0.25, 0.3) is 0 Å². The molecule has 1 aromatic carbocycles. The van der Waals surface area contributed by atoms with E-state index in [-0.39, 0.29) is 0 Å². The molecule has 0 unspecified atom stereocenters. The molecule has 4 rings (SSSR count). The number of hydrogen-bond acceptors (Lipinski definition) is 5. The van der Waals surface area contributed by atoms with E-state index in [9.17, 15) is 0 Å². The zero-order valence-electron chi connectivity index (χ0n) is 15.2. The Balaban J connectivity index is 1.53. The molecule has 0 saturated heterocycles. The minimum absolute atomic E-state index is 0.516. The van der Waals surface area contributed by atoms with E-state index >= 15 is 0 Å². The number of thioether (sulfide) groups is 1. The minimum atomic E-state index is 0.516. The maximum Gasteiger partial charge on any atom is 0.191 e. The molecule has 3 aromatic heterocycles. The molecule has 0 fully saturated rings. The lowest BCUT2D eigenvalue weighted by Gasteiger charge is -2.10. The molecule has 0 amide bonds. The molecule has 0 radical (unpaired) electrons. The number of benzene rings is 1. The van der Waals surface area contributed by atoms with Crippen LogP contribution in [0.3, 0.4) is 0 Å². The molecule has 0 bridgehead atoms. The van der Waals surface area contributed by atoms with Crippen molar-refractivity contribution in [2.24, 2.45) is 0 Å². The van der Waals surface area contributed by atoms with E-state index < -0.39 is 0 Å². The second-order valence-corrected chi connectivity index (χ2v) is 8.68.